The predicted molar refractivity (Wildman–Crippen MR) is 142 cm³/mol. The van der Waals surface area contributed by atoms with Crippen LogP contribution in [0.15, 0.2) is 58.8 Å². The molecule has 0 spiro atoms. The lowest BCUT2D eigenvalue weighted by molar-refractivity contribution is 0.407. The van der Waals surface area contributed by atoms with Gasteiger partial charge >= 0.3 is 0 Å². The van der Waals surface area contributed by atoms with Gasteiger partial charge in [-0.1, -0.05) is 35.7 Å². The van der Waals surface area contributed by atoms with Gasteiger partial charge in [-0.15, -0.1) is 0 Å². The van der Waals surface area contributed by atoms with Gasteiger partial charge in [0.05, 0.1) is 43.4 Å². The zero-order chi connectivity index (χ0) is 24.4. The number of aryl methyl sites for hydroxylation is 1. The van der Waals surface area contributed by atoms with Crippen molar-refractivity contribution in [2.45, 2.75) is 28.7 Å². The highest BCUT2D eigenvalue weighted by atomic mass is 32.2. The fourth-order valence-corrected chi connectivity index (χ4v) is 5.78. The number of ether oxygens (including phenoxy) is 3. The standard InChI is InChI=1S/C26H26N4O3S2/c1-15-5-6-16(13-34-25-27-20-9-7-17(31-2)11-22(20)29-25)24(33-4)19(15)14-35-26-28-21-10-8-18(32-3)12-23(21)30-26/h5-12H,13-14H2,1-4H3,(H,27,29)(H,28,30). The molecule has 2 heterocycles. The van der Waals surface area contributed by atoms with Crippen LogP contribution >= 0.6 is 23.5 Å². The third-order valence-corrected chi connectivity index (χ3v) is 7.65. The average molecular weight is 507 g/mol. The molecule has 0 radical (unpaired) electrons. The van der Waals surface area contributed by atoms with E-state index < -0.39 is 0 Å². The first-order chi connectivity index (χ1) is 17.1. The van der Waals surface area contributed by atoms with Crippen LogP contribution in [0.4, 0.5) is 0 Å². The summed E-state index contributed by atoms with van der Waals surface area (Å²) in [6, 6.07) is 16.0. The molecule has 3 aromatic carbocycles. The van der Waals surface area contributed by atoms with Crippen LogP contribution in [0.5, 0.6) is 17.2 Å². The van der Waals surface area contributed by atoms with Gasteiger partial charge in [-0.25, -0.2) is 9.97 Å². The summed E-state index contributed by atoms with van der Waals surface area (Å²) < 4.78 is 16.5. The van der Waals surface area contributed by atoms with E-state index in [2.05, 4.69) is 29.0 Å². The molecule has 0 aliphatic heterocycles. The summed E-state index contributed by atoms with van der Waals surface area (Å²) in [6.45, 7) is 2.12. The molecule has 9 heteroatoms. The fraction of sp³-hybridized carbons (Fsp3) is 0.231. The van der Waals surface area contributed by atoms with Crippen LogP contribution in [0.1, 0.15) is 16.7 Å². The number of aromatic nitrogens is 4. The lowest BCUT2D eigenvalue weighted by atomic mass is 10.1. The first kappa shape index (κ1) is 23.4. The highest BCUT2D eigenvalue weighted by molar-refractivity contribution is 7.98. The number of methoxy groups -OCH3 is 3. The van der Waals surface area contributed by atoms with Gasteiger partial charge in [-0.05, 0) is 36.8 Å². The predicted octanol–water partition coefficient (Wildman–Crippen LogP) is 6.36. The molecule has 5 aromatic rings. The zero-order valence-corrected chi connectivity index (χ0v) is 21.6. The van der Waals surface area contributed by atoms with Crippen LogP contribution in [-0.2, 0) is 11.5 Å². The number of H-pyrrole nitrogens is 2. The van der Waals surface area contributed by atoms with E-state index in [0.717, 1.165) is 66.7 Å². The summed E-state index contributed by atoms with van der Waals surface area (Å²) in [5.74, 6) is 4.02. The molecule has 0 unspecified atom stereocenters. The van der Waals surface area contributed by atoms with E-state index >= 15 is 0 Å². The van der Waals surface area contributed by atoms with E-state index in [1.54, 1.807) is 44.9 Å². The summed E-state index contributed by atoms with van der Waals surface area (Å²) in [7, 11) is 5.06. The van der Waals surface area contributed by atoms with E-state index in [4.69, 9.17) is 24.2 Å². The second-order valence-corrected chi connectivity index (χ2v) is 9.91. The minimum absolute atomic E-state index is 0.739. The van der Waals surface area contributed by atoms with Crippen LogP contribution in [0.25, 0.3) is 22.1 Å². The normalized spacial score (nSPS) is 11.3. The molecule has 0 saturated heterocycles. The smallest absolute Gasteiger partial charge is 0.166 e. The number of nitrogens with zero attached hydrogens (tertiary/aromatic N) is 2. The molecule has 0 amide bonds. The molecule has 35 heavy (non-hydrogen) atoms. The Morgan fingerprint density at radius 2 is 1.29 bits per heavy atom. The molecule has 2 N–H and O–H groups in total. The number of imidazole rings is 2. The summed E-state index contributed by atoms with van der Waals surface area (Å²) in [5, 5.41) is 1.73. The van der Waals surface area contributed by atoms with Crippen molar-refractivity contribution in [1.29, 1.82) is 0 Å². The van der Waals surface area contributed by atoms with E-state index in [0.29, 0.717) is 0 Å². The van der Waals surface area contributed by atoms with Gasteiger partial charge < -0.3 is 24.2 Å². The molecule has 0 fully saturated rings. The van der Waals surface area contributed by atoms with Crippen LogP contribution < -0.4 is 14.2 Å². The van der Waals surface area contributed by atoms with Crippen molar-refractivity contribution >= 4 is 45.6 Å². The number of benzene rings is 3. The van der Waals surface area contributed by atoms with Crippen molar-refractivity contribution < 1.29 is 14.2 Å². The minimum Gasteiger partial charge on any atom is -0.497 e. The van der Waals surface area contributed by atoms with E-state index in [1.807, 2.05) is 36.4 Å². The highest BCUT2D eigenvalue weighted by Crippen LogP contribution is 2.36. The number of aromatic amines is 2. The third-order valence-electron chi connectivity index (χ3n) is 5.83. The maximum Gasteiger partial charge on any atom is 0.166 e. The first-order valence-corrected chi connectivity index (χ1v) is 13.0. The van der Waals surface area contributed by atoms with Gasteiger partial charge in [-0.3, -0.25) is 0 Å². The number of hydrogen-bond acceptors (Lipinski definition) is 7. The van der Waals surface area contributed by atoms with Gasteiger partial charge in [0.25, 0.3) is 0 Å². The fourth-order valence-electron chi connectivity index (χ4n) is 3.93. The maximum absolute atomic E-state index is 5.89. The molecular formula is C26H26N4O3S2. The van der Waals surface area contributed by atoms with E-state index in [-0.39, 0.29) is 0 Å². The van der Waals surface area contributed by atoms with Crippen molar-refractivity contribution in [2.75, 3.05) is 21.3 Å². The summed E-state index contributed by atoms with van der Waals surface area (Å²) >= 11 is 3.31. The van der Waals surface area contributed by atoms with Gasteiger partial charge in [0.1, 0.15) is 17.2 Å². The second-order valence-electron chi connectivity index (χ2n) is 7.98. The lowest BCUT2D eigenvalue weighted by Gasteiger charge is -2.15. The van der Waals surface area contributed by atoms with Gasteiger partial charge in [0, 0.05) is 34.8 Å². The number of hydrogen-bond donors (Lipinski definition) is 2. The van der Waals surface area contributed by atoms with Crippen molar-refractivity contribution in [1.82, 2.24) is 19.9 Å². The molecule has 0 saturated carbocycles. The number of rotatable bonds is 9. The minimum atomic E-state index is 0.739. The monoisotopic (exact) mass is 506 g/mol. The van der Waals surface area contributed by atoms with Gasteiger partial charge in [0.2, 0.25) is 0 Å². The molecule has 5 rings (SSSR count). The Labute approximate surface area is 212 Å². The molecular weight excluding hydrogens is 480 g/mol. The van der Waals surface area contributed by atoms with Crippen molar-refractivity contribution in [2.24, 2.45) is 0 Å². The molecule has 180 valence electrons. The Morgan fingerprint density at radius 3 is 1.83 bits per heavy atom. The highest BCUT2D eigenvalue weighted by Gasteiger charge is 2.15. The van der Waals surface area contributed by atoms with E-state index in [9.17, 15) is 0 Å². The number of thioether (sulfide) groups is 2. The topological polar surface area (TPSA) is 85.1 Å². The van der Waals surface area contributed by atoms with Crippen molar-refractivity contribution in [3.63, 3.8) is 0 Å². The molecule has 0 aliphatic carbocycles. The molecule has 7 nitrogen and oxygen atoms in total. The molecule has 0 atom stereocenters. The lowest BCUT2D eigenvalue weighted by Crippen LogP contribution is -1.99. The Balaban J connectivity index is 1.33. The van der Waals surface area contributed by atoms with Crippen molar-refractivity contribution in [3.05, 3.63) is 65.2 Å². The number of nitrogens with one attached hydrogen (secondary N) is 2. The Kier molecular flexibility index (Phi) is 6.79. The Morgan fingerprint density at radius 1 is 0.714 bits per heavy atom. The summed E-state index contributed by atoms with van der Waals surface area (Å²) in [5.41, 5.74) is 7.26. The quantitative estimate of drug-likeness (QED) is 0.225. The van der Waals surface area contributed by atoms with Crippen LogP contribution in [0.3, 0.4) is 0 Å². The van der Waals surface area contributed by atoms with E-state index in [1.165, 1.54) is 11.1 Å². The summed E-state index contributed by atoms with van der Waals surface area (Å²) in [6.07, 6.45) is 0. The Bertz CT molecular complexity index is 1500. The SMILES string of the molecule is COc1ccc2nc(SCc3ccc(C)c(CSc4nc5ccc(OC)cc5[nH]4)c3OC)[nH]c2c1. The third kappa shape index (κ3) is 4.92. The largest absolute Gasteiger partial charge is 0.497 e. The zero-order valence-electron chi connectivity index (χ0n) is 20.0. The molecule has 2 aromatic heterocycles. The summed E-state index contributed by atoms with van der Waals surface area (Å²) in [4.78, 5) is 16.2. The molecule has 0 bridgehead atoms. The second kappa shape index (κ2) is 10.1. The van der Waals surface area contributed by atoms with Crippen LogP contribution in [-0.4, -0.2) is 41.3 Å². The van der Waals surface area contributed by atoms with Gasteiger partial charge in [-0.2, -0.15) is 0 Å². The van der Waals surface area contributed by atoms with Gasteiger partial charge in [0.15, 0.2) is 10.3 Å². The van der Waals surface area contributed by atoms with Crippen LogP contribution in [0, 0.1) is 6.92 Å². The number of fused-ring (bicyclic) bond motifs is 2. The molecule has 0 aliphatic rings. The first-order valence-electron chi connectivity index (χ1n) is 11.1. The Hall–Kier alpha value is -3.30. The van der Waals surface area contributed by atoms with Crippen LogP contribution in [0.2, 0.25) is 0 Å². The van der Waals surface area contributed by atoms with Crippen molar-refractivity contribution in [3.8, 4) is 17.2 Å². The maximum atomic E-state index is 5.89. The average Bonchev–Trinajstić information content (AvgIpc) is 3.48.